The summed E-state index contributed by atoms with van der Waals surface area (Å²) in [6.07, 6.45) is 7.05. The Morgan fingerprint density at radius 3 is 2.10 bits per heavy atom. The molecule has 4 heterocycles. The lowest BCUT2D eigenvalue weighted by molar-refractivity contribution is -0.166. The Labute approximate surface area is 280 Å². The smallest absolute Gasteiger partial charge is 0.166 e. The van der Waals surface area contributed by atoms with Crippen LogP contribution in [0.5, 0.6) is 23.0 Å². The van der Waals surface area contributed by atoms with E-state index in [0.717, 1.165) is 85.1 Å². The van der Waals surface area contributed by atoms with Crippen molar-refractivity contribution in [1.82, 2.24) is 9.80 Å². The average Bonchev–Trinajstić information content (AvgIpc) is 3.71. The molecule has 2 spiro atoms. The third-order valence-corrected chi connectivity index (χ3v) is 14.6. The number of phenols is 1. The van der Waals surface area contributed by atoms with Gasteiger partial charge in [0.25, 0.3) is 0 Å². The van der Waals surface area contributed by atoms with Gasteiger partial charge >= 0.3 is 0 Å². The number of methoxy groups -OCH3 is 1. The van der Waals surface area contributed by atoms with E-state index < -0.39 is 34.2 Å². The number of likely N-dealkylation sites (tertiary alicyclic amines) is 2. The van der Waals surface area contributed by atoms with Crippen LogP contribution in [0.1, 0.15) is 73.6 Å². The highest BCUT2D eigenvalue weighted by Gasteiger charge is 2.74. The van der Waals surface area contributed by atoms with Crippen LogP contribution in [0.2, 0.25) is 0 Å². The molecule has 5 aliphatic carbocycles. The van der Waals surface area contributed by atoms with Gasteiger partial charge in [0, 0.05) is 29.8 Å². The molecule has 9 aliphatic rings. The fourth-order valence-corrected chi connectivity index (χ4v) is 12.3. The fourth-order valence-electron chi connectivity index (χ4n) is 12.3. The number of likely N-dealkylation sites (N-methyl/N-ethyl adjacent to an activating group) is 1. The topological polar surface area (TPSA) is 120 Å². The summed E-state index contributed by atoms with van der Waals surface area (Å²) in [5, 5.41) is 46.6. The third-order valence-electron chi connectivity index (χ3n) is 14.6. The highest BCUT2D eigenvalue weighted by Crippen LogP contribution is 2.67. The molecule has 2 saturated heterocycles. The molecule has 2 aromatic carbocycles. The summed E-state index contributed by atoms with van der Waals surface area (Å²) in [6.45, 7) is 2.83. The lowest BCUT2D eigenvalue weighted by Crippen LogP contribution is -2.76. The second-order valence-corrected chi connectivity index (χ2v) is 16.4. The van der Waals surface area contributed by atoms with Crippen molar-refractivity contribution in [3.05, 3.63) is 46.5 Å². The predicted octanol–water partition coefficient (Wildman–Crippen LogP) is 3.25. The Kier molecular flexibility index (Phi) is 5.45. The maximum absolute atomic E-state index is 12.9. The molecular formula is C38H44N4O6. The summed E-state index contributed by atoms with van der Waals surface area (Å²) in [4.78, 5) is 4.87. The van der Waals surface area contributed by atoms with Crippen LogP contribution in [-0.2, 0) is 23.7 Å². The largest absolute Gasteiger partial charge is 0.504 e. The van der Waals surface area contributed by atoms with Crippen molar-refractivity contribution in [2.75, 3.05) is 33.8 Å². The zero-order valence-corrected chi connectivity index (χ0v) is 27.7. The normalized spacial score (nSPS) is 43.1. The first kappa shape index (κ1) is 28.6. The molecule has 3 N–H and O–H groups in total. The second kappa shape index (κ2) is 9.13. The van der Waals surface area contributed by atoms with Crippen molar-refractivity contribution in [3.8, 4) is 23.0 Å². The van der Waals surface area contributed by atoms with Gasteiger partial charge in [0.15, 0.2) is 35.2 Å². The standard InChI is InChI=1S/C38H44N4O6/c1-41-15-13-35-29-21-5-7-25(43)31(29)47-33(35)23(9-11-37(35,44)27(41)17-21)39-40-24-10-12-38(45)28-18-22-6-8-26(46-2)32-30(22)36(38,34(24)48-32)14-16-42(28)19-20-3-4-20/h5-8,20,27-28,33-34,43-45H,3-4,9-19H2,1-2H3/b39-23+,40-24+/t27-,28-,33+,34+,35+,36+,37-,38-/m1/s1. The summed E-state index contributed by atoms with van der Waals surface area (Å²) >= 11 is 0. The maximum atomic E-state index is 12.9. The van der Waals surface area contributed by atoms with E-state index in [2.05, 4.69) is 22.9 Å². The van der Waals surface area contributed by atoms with Crippen molar-refractivity contribution in [2.24, 2.45) is 16.1 Å². The van der Waals surface area contributed by atoms with Crippen LogP contribution in [0.4, 0.5) is 0 Å². The highest BCUT2D eigenvalue weighted by molar-refractivity contribution is 5.97. The number of rotatable bonds is 4. The number of aromatic hydroxyl groups is 1. The zero-order valence-electron chi connectivity index (χ0n) is 27.7. The molecule has 10 nitrogen and oxygen atoms in total. The first-order valence-electron chi connectivity index (χ1n) is 18.1. The van der Waals surface area contributed by atoms with Gasteiger partial charge in [-0.05, 0) is 114 Å². The Morgan fingerprint density at radius 2 is 1.42 bits per heavy atom. The number of piperidine rings is 2. The van der Waals surface area contributed by atoms with Gasteiger partial charge in [0.2, 0.25) is 0 Å². The summed E-state index contributed by atoms with van der Waals surface area (Å²) in [7, 11) is 3.79. The van der Waals surface area contributed by atoms with Crippen molar-refractivity contribution in [1.29, 1.82) is 0 Å². The van der Waals surface area contributed by atoms with E-state index in [4.69, 9.17) is 24.4 Å². The molecule has 11 rings (SSSR count). The van der Waals surface area contributed by atoms with Crippen LogP contribution in [0, 0.1) is 5.92 Å². The van der Waals surface area contributed by atoms with Gasteiger partial charge in [0.1, 0.15) is 0 Å². The summed E-state index contributed by atoms with van der Waals surface area (Å²) in [5.41, 5.74) is 2.95. The molecule has 4 bridgehead atoms. The van der Waals surface area contributed by atoms with E-state index in [0.29, 0.717) is 37.2 Å². The van der Waals surface area contributed by atoms with Crippen molar-refractivity contribution >= 4 is 11.4 Å². The maximum Gasteiger partial charge on any atom is 0.166 e. The first-order chi connectivity index (χ1) is 23.2. The number of hydrogen-bond acceptors (Lipinski definition) is 10. The van der Waals surface area contributed by atoms with E-state index >= 15 is 0 Å². The molecule has 4 aliphatic heterocycles. The highest BCUT2D eigenvalue weighted by atomic mass is 16.5. The third kappa shape index (κ3) is 3.12. The number of phenolic OH excluding ortho intramolecular Hbond substituents is 1. The van der Waals surface area contributed by atoms with Gasteiger partial charge in [0.05, 0.1) is 40.6 Å². The molecule has 3 saturated carbocycles. The lowest BCUT2D eigenvalue weighted by Gasteiger charge is -2.63. The Balaban J connectivity index is 1.02. The van der Waals surface area contributed by atoms with Crippen molar-refractivity contribution < 1.29 is 29.5 Å². The van der Waals surface area contributed by atoms with Crippen molar-refractivity contribution in [2.45, 2.75) is 111 Å². The van der Waals surface area contributed by atoms with E-state index in [9.17, 15) is 15.3 Å². The summed E-state index contributed by atoms with van der Waals surface area (Å²) in [5.74, 6) is 2.84. The molecule has 48 heavy (non-hydrogen) atoms. The molecule has 252 valence electrons. The van der Waals surface area contributed by atoms with Crippen molar-refractivity contribution in [3.63, 3.8) is 0 Å². The second-order valence-electron chi connectivity index (χ2n) is 16.4. The SMILES string of the molecule is COc1ccc2c3c1O[C@H]1/C(=N/N=C4\CC[C@@]5(O)[C@H]6Cc7ccc(O)c8c7[C@@]5(CCN6C)[C@H]4O8)CC[C@@]4(O)[C@@H](C2)N(CC2CC2)CC[C@]314. The van der Waals surface area contributed by atoms with Gasteiger partial charge in [-0.2, -0.15) is 10.2 Å². The molecular weight excluding hydrogens is 608 g/mol. The monoisotopic (exact) mass is 652 g/mol. The Hall–Kier alpha value is -3.18. The van der Waals surface area contributed by atoms with Crippen LogP contribution in [0.15, 0.2) is 34.5 Å². The van der Waals surface area contributed by atoms with Crippen LogP contribution in [0.25, 0.3) is 0 Å². The number of aliphatic hydroxyl groups is 2. The van der Waals surface area contributed by atoms with Gasteiger partial charge < -0.3 is 34.4 Å². The quantitative estimate of drug-likeness (QED) is 0.431. The molecule has 8 atom stereocenters. The number of benzene rings is 2. The van der Waals surface area contributed by atoms with Gasteiger partial charge in [-0.25, -0.2) is 0 Å². The first-order valence-corrected chi connectivity index (χ1v) is 18.1. The average molecular weight is 653 g/mol. The van der Waals surface area contributed by atoms with E-state index in [-0.39, 0.29) is 17.8 Å². The lowest BCUT2D eigenvalue weighted by atomic mass is 9.49. The predicted molar refractivity (Wildman–Crippen MR) is 178 cm³/mol. The summed E-state index contributed by atoms with van der Waals surface area (Å²) < 4.78 is 19.4. The molecule has 0 amide bonds. The zero-order chi connectivity index (χ0) is 32.4. The molecule has 0 unspecified atom stereocenters. The van der Waals surface area contributed by atoms with Crippen LogP contribution in [0.3, 0.4) is 0 Å². The Bertz CT molecular complexity index is 1860. The van der Waals surface area contributed by atoms with E-state index in [1.807, 2.05) is 12.1 Å². The molecule has 2 aromatic rings. The van der Waals surface area contributed by atoms with Gasteiger partial charge in [-0.1, -0.05) is 12.1 Å². The van der Waals surface area contributed by atoms with Gasteiger partial charge in [-0.15, -0.1) is 0 Å². The molecule has 0 aromatic heterocycles. The number of hydrogen-bond donors (Lipinski definition) is 3. The minimum Gasteiger partial charge on any atom is -0.504 e. The molecule has 0 radical (unpaired) electrons. The van der Waals surface area contributed by atoms with E-state index in [1.54, 1.807) is 13.2 Å². The van der Waals surface area contributed by atoms with Gasteiger partial charge in [-0.3, -0.25) is 4.90 Å². The van der Waals surface area contributed by atoms with Crippen LogP contribution < -0.4 is 14.2 Å². The number of ether oxygens (including phenoxy) is 3. The minimum atomic E-state index is -0.988. The molecule has 10 heteroatoms. The Morgan fingerprint density at radius 1 is 0.812 bits per heavy atom. The fraction of sp³-hybridized carbons (Fsp3) is 0.632. The van der Waals surface area contributed by atoms with E-state index in [1.165, 1.54) is 18.4 Å². The number of nitrogens with zero attached hydrogens (tertiary/aromatic N) is 4. The van der Waals surface area contributed by atoms with Crippen LogP contribution >= 0.6 is 0 Å². The minimum absolute atomic E-state index is 0.0251. The van der Waals surface area contributed by atoms with Crippen LogP contribution in [-0.4, -0.2) is 106 Å². The molecule has 5 fully saturated rings. The summed E-state index contributed by atoms with van der Waals surface area (Å²) in [6, 6.07) is 7.96.